The number of fused-ring (bicyclic) bond motifs is 1. The van der Waals surface area contributed by atoms with Crippen molar-refractivity contribution in [2.45, 2.75) is 40.0 Å². The minimum absolute atomic E-state index is 0.126. The van der Waals surface area contributed by atoms with Crippen LogP contribution in [0.3, 0.4) is 0 Å². The van der Waals surface area contributed by atoms with Gasteiger partial charge in [-0.2, -0.15) is 0 Å². The van der Waals surface area contributed by atoms with E-state index in [2.05, 4.69) is 11.8 Å². The molecule has 6 nitrogen and oxygen atoms in total. The van der Waals surface area contributed by atoms with Gasteiger partial charge in [0.15, 0.2) is 0 Å². The third kappa shape index (κ3) is 3.90. The van der Waals surface area contributed by atoms with Gasteiger partial charge in [0.2, 0.25) is 0 Å². The first kappa shape index (κ1) is 21.1. The van der Waals surface area contributed by atoms with Crippen LogP contribution < -0.4 is 10.5 Å². The lowest BCUT2D eigenvalue weighted by Crippen LogP contribution is -2.36. The summed E-state index contributed by atoms with van der Waals surface area (Å²) >= 11 is 6.66. The first-order valence-electron chi connectivity index (χ1n) is 10.4. The van der Waals surface area contributed by atoms with Gasteiger partial charge < -0.3 is 4.90 Å². The van der Waals surface area contributed by atoms with E-state index in [9.17, 15) is 9.59 Å². The Labute approximate surface area is 186 Å². The summed E-state index contributed by atoms with van der Waals surface area (Å²) in [4.78, 5) is 35.5. The van der Waals surface area contributed by atoms with Gasteiger partial charge >= 0.3 is 0 Å². The fourth-order valence-electron chi connectivity index (χ4n) is 3.88. The van der Waals surface area contributed by atoms with Crippen LogP contribution >= 0.6 is 24.0 Å². The number of aromatic nitrogens is 2. The zero-order valence-corrected chi connectivity index (χ0v) is 19.2. The highest BCUT2D eigenvalue weighted by Gasteiger charge is 2.32. The molecule has 30 heavy (non-hydrogen) atoms. The number of aryl methyl sites for hydroxylation is 1. The SMILES string of the molecule is CCCN1C(=O)C(=Cc2c(N3CCC(C)CC3)nc3ccc(C)cn3c2=O)SC1=S. The van der Waals surface area contributed by atoms with Crippen LogP contribution in [0.15, 0.2) is 28.0 Å². The summed E-state index contributed by atoms with van der Waals surface area (Å²) in [6, 6.07) is 3.83. The van der Waals surface area contributed by atoms with Crippen molar-refractivity contribution in [3.8, 4) is 0 Å². The largest absolute Gasteiger partial charge is 0.356 e. The quantitative estimate of drug-likeness (QED) is 0.530. The van der Waals surface area contributed by atoms with E-state index in [0.717, 1.165) is 37.9 Å². The Morgan fingerprint density at radius 2 is 2.00 bits per heavy atom. The van der Waals surface area contributed by atoms with Crippen LogP contribution in [0.1, 0.15) is 44.2 Å². The predicted molar refractivity (Wildman–Crippen MR) is 127 cm³/mol. The molecule has 0 aromatic carbocycles. The number of pyridine rings is 1. The molecule has 1 amide bonds. The van der Waals surface area contributed by atoms with Gasteiger partial charge in [-0.15, -0.1) is 0 Å². The molecule has 0 unspecified atom stereocenters. The number of amides is 1. The lowest BCUT2D eigenvalue weighted by atomic mass is 9.99. The molecule has 0 spiro atoms. The van der Waals surface area contributed by atoms with Gasteiger partial charge in [-0.1, -0.05) is 43.9 Å². The third-order valence-electron chi connectivity index (χ3n) is 5.66. The summed E-state index contributed by atoms with van der Waals surface area (Å²) < 4.78 is 2.12. The number of piperidine rings is 1. The highest BCUT2D eigenvalue weighted by Crippen LogP contribution is 2.34. The molecule has 0 radical (unpaired) electrons. The molecule has 0 aliphatic carbocycles. The number of anilines is 1. The van der Waals surface area contributed by atoms with Gasteiger partial charge in [0, 0.05) is 25.8 Å². The number of rotatable bonds is 4. The maximum Gasteiger partial charge on any atom is 0.267 e. The Morgan fingerprint density at radius 3 is 2.70 bits per heavy atom. The van der Waals surface area contributed by atoms with E-state index in [1.54, 1.807) is 21.6 Å². The van der Waals surface area contributed by atoms with Crippen molar-refractivity contribution in [1.82, 2.24) is 14.3 Å². The lowest BCUT2D eigenvalue weighted by Gasteiger charge is -2.32. The van der Waals surface area contributed by atoms with Crippen LogP contribution in [0, 0.1) is 12.8 Å². The maximum absolute atomic E-state index is 13.5. The van der Waals surface area contributed by atoms with Crippen LogP contribution in [0.5, 0.6) is 0 Å². The normalized spacial score (nSPS) is 19.5. The van der Waals surface area contributed by atoms with Crippen molar-refractivity contribution in [2.75, 3.05) is 24.5 Å². The number of thiocarbonyl (C=S) groups is 1. The zero-order valence-electron chi connectivity index (χ0n) is 17.6. The first-order valence-corrected chi connectivity index (χ1v) is 11.6. The van der Waals surface area contributed by atoms with Gasteiger partial charge in [-0.3, -0.25) is 18.9 Å². The average Bonchev–Trinajstić information content (AvgIpc) is 2.99. The van der Waals surface area contributed by atoms with Crippen molar-refractivity contribution in [1.29, 1.82) is 0 Å². The molecule has 4 heterocycles. The van der Waals surface area contributed by atoms with Crippen LogP contribution in [0.4, 0.5) is 5.82 Å². The fourth-order valence-corrected chi connectivity index (χ4v) is 5.17. The number of carbonyl (C=O) groups excluding carboxylic acids is 1. The van der Waals surface area contributed by atoms with Crippen LogP contribution in [-0.2, 0) is 4.79 Å². The van der Waals surface area contributed by atoms with Crippen molar-refractivity contribution >= 4 is 51.7 Å². The molecule has 8 heteroatoms. The van der Waals surface area contributed by atoms with Crippen LogP contribution in [0.25, 0.3) is 11.7 Å². The second kappa shape index (κ2) is 8.51. The molecule has 2 fully saturated rings. The summed E-state index contributed by atoms with van der Waals surface area (Å²) in [7, 11) is 0. The van der Waals surface area contributed by atoms with Gasteiger partial charge in [0.25, 0.3) is 11.5 Å². The van der Waals surface area contributed by atoms with Crippen molar-refractivity contribution in [3.63, 3.8) is 0 Å². The standard InChI is InChI=1S/C22H26N4O2S2/c1-4-9-25-21(28)17(30-22(25)29)12-16-19(24-10-7-14(2)8-11-24)23-18-6-5-15(3)13-26(18)20(16)27/h5-6,12-14H,4,7-11H2,1-3H3. The smallest absolute Gasteiger partial charge is 0.267 e. The average molecular weight is 443 g/mol. The van der Waals surface area contributed by atoms with Crippen LogP contribution in [0.2, 0.25) is 0 Å². The van der Waals surface area contributed by atoms with E-state index in [1.165, 1.54) is 11.8 Å². The molecular formula is C22H26N4O2S2. The molecular weight excluding hydrogens is 416 g/mol. The van der Waals surface area contributed by atoms with E-state index < -0.39 is 0 Å². The molecule has 4 rings (SSSR count). The lowest BCUT2D eigenvalue weighted by molar-refractivity contribution is -0.122. The second-order valence-corrected chi connectivity index (χ2v) is 9.77. The van der Waals surface area contributed by atoms with E-state index in [-0.39, 0.29) is 11.5 Å². The maximum atomic E-state index is 13.5. The van der Waals surface area contributed by atoms with Gasteiger partial charge in [-0.25, -0.2) is 4.98 Å². The number of thioether (sulfide) groups is 1. The van der Waals surface area contributed by atoms with E-state index in [1.807, 2.05) is 26.0 Å². The third-order valence-corrected chi connectivity index (χ3v) is 7.04. The molecule has 2 aromatic rings. The molecule has 0 saturated carbocycles. The minimum Gasteiger partial charge on any atom is -0.356 e. The van der Waals surface area contributed by atoms with Crippen molar-refractivity contribution < 1.29 is 4.79 Å². The second-order valence-electron chi connectivity index (χ2n) is 8.09. The number of nitrogens with zero attached hydrogens (tertiary/aromatic N) is 4. The number of carbonyl (C=O) groups is 1. The molecule has 2 saturated heterocycles. The van der Waals surface area contributed by atoms with Gasteiger partial charge in [0.1, 0.15) is 15.8 Å². The number of hydrogen-bond donors (Lipinski definition) is 0. The summed E-state index contributed by atoms with van der Waals surface area (Å²) in [6.45, 7) is 8.51. The molecule has 2 aliphatic heterocycles. The molecule has 0 atom stereocenters. The summed E-state index contributed by atoms with van der Waals surface area (Å²) in [6.07, 6.45) is 6.45. The Hall–Kier alpha value is -2.19. The molecule has 158 valence electrons. The highest BCUT2D eigenvalue weighted by atomic mass is 32.2. The van der Waals surface area contributed by atoms with Gasteiger partial charge in [-0.05, 0) is 49.8 Å². The Balaban J connectivity index is 1.86. The first-order chi connectivity index (χ1) is 14.4. The summed E-state index contributed by atoms with van der Waals surface area (Å²) in [5, 5.41) is 0. The van der Waals surface area contributed by atoms with Crippen molar-refractivity contribution in [2.24, 2.45) is 5.92 Å². The van der Waals surface area contributed by atoms with E-state index in [4.69, 9.17) is 17.2 Å². The molecule has 2 aliphatic rings. The monoisotopic (exact) mass is 442 g/mol. The Bertz CT molecular complexity index is 1100. The summed E-state index contributed by atoms with van der Waals surface area (Å²) in [5.74, 6) is 1.20. The Morgan fingerprint density at radius 1 is 1.27 bits per heavy atom. The predicted octanol–water partition coefficient (Wildman–Crippen LogP) is 3.85. The Kier molecular flexibility index (Phi) is 5.97. The number of hydrogen-bond acceptors (Lipinski definition) is 6. The molecule has 2 aromatic heterocycles. The fraction of sp³-hybridized carbons (Fsp3) is 0.455. The van der Waals surface area contributed by atoms with E-state index in [0.29, 0.717) is 38.7 Å². The molecule has 0 N–H and O–H groups in total. The van der Waals surface area contributed by atoms with Crippen LogP contribution in [-0.4, -0.2) is 44.1 Å². The minimum atomic E-state index is -0.155. The van der Waals surface area contributed by atoms with Gasteiger partial charge in [0.05, 0.1) is 10.5 Å². The topological polar surface area (TPSA) is 57.9 Å². The molecule has 0 bridgehead atoms. The van der Waals surface area contributed by atoms with E-state index >= 15 is 0 Å². The highest BCUT2D eigenvalue weighted by molar-refractivity contribution is 8.26. The van der Waals surface area contributed by atoms with Crippen molar-refractivity contribution in [3.05, 3.63) is 44.7 Å². The summed E-state index contributed by atoms with van der Waals surface area (Å²) in [5.41, 5.74) is 1.91. The zero-order chi connectivity index (χ0) is 21.4.